The molecular formula is C18H16ClN3O3. The van der Waals surface area contributed by atoms with E-state index in [1.165, 1.54) is 10.8 Å². The first kappa shape index (κ1) is 17.1. The van der Waals surface area contributed by atoms with Crippen LogP contribution >= 0.6 is 11.6 Å². The first-order valence-corrected chi connectivity index (χ1v) is 8.27. The molecule has 6 nitrogen and oxygen atoms in total. The quantitative estimate of drug-likeness (QED) is 0.670. The molecule has 7 heteroatoms. The Hall–Kier alpha value is -2.73. The number of carbonyl (C=O) groups excluding carboxylic acids is 1. The molecule has 0 radical (unpaired) electrons. The van der Waals surface area contributed by atoms with Gasteiger partial charge in [-0.2, -0.15) is 0 Å². The van der Waals surface area contributed by atoms with Crippen molar-refractivity contribution in [3.8, 4) is 11.4 Å². The zero-order chi connectivity index (χ0) is 18.0. The van der Waals surface area contributed by atoms with Gasteiger partial charge in [0.25, 0.3) is 5.56 Å². The van der Waals surface area contributed by atoms with Crippen molar-refractivity contribution in [3.63, 3.8) is 0 Å². The monoisotopic (exact) mass is 357 g/mol. The maximum atomic E-state index is 12.7. The summed E-state index contributed by atoms with van der Waals surface area (Å²) in [6.45, 7) is 3.96. The topological polar surface area (TPSA) is 74.1 Å². The molecule has 128 valence electrons. The van der Waals surface area contributed by atoms with Crippen LogP contribution in [0.4, 0.5) is 0 Å². The van der Waals surface area contributed by atoms with Crippen LogP contribution in [-0.2, 0) is 11.3 Å². The molecule has 0 unspecified atom stereocenters. The molecule has 0 saturated heterocycles. The van der Waals surface area contributed by atoms with E-state index >= 15 is 0 Å². The van der Waals surface area contributed by atoms with Crippen molar-refractivity contribution in [2.24, 2.45) is 0 Å². The van der Waals surface area contributed by atoms with Crippen LogP contribution < -0.4 is 5.56 Å². The molecule has 0 amide bonds. The van der Waals surface area contributed by atoms with Crippen LogP contribution in [0.25, 0.3) is 22.4 Å². The molecule has 3 aromatic rings. The van der Waals surface area contributed by atoms with Crippen LogP contribution in [0.2, 0.25) is 5.02 Å². The second kappa shape index (κ2) is 7.03. The predicted octanol–water partition coefficient (Wildman–Crippen LogP) is 3.31. The second-order valence-corrected chi connectivity index (χ2v) is 5.63. The minimum Gasteiger partial charge on any atom is -0.462 e. The van der Waals surface area contributed by atoms with Gasteiger partial charge in [0.05, 0.1) is 17.0 Å². The lowest BCUT2D eigenvalue weighted by molar-refractivity contribution is 0.0524. The third kappa shape index (κ3) is 3.00. The number of pyridine rings is 1. The number of hydrogen-bond donors (Lipinski definition) is 0. The summed E-state index contributed by atoms with van der Waals surface area (Å²) < 4.78 is 6.36. The Bertz CT molecular complexity index is 1000. The molecule has 0 atom stereocenters. The summed E-state index contributed by atoms with van der Waals surface area (Å²) in [5, 5.41) is 0.452. The number of carbonyl (C=O) groups is 1. The van der Waals surface area contributed by atoms with Crippen molar-refractivity contribution >= 4 is 28.6 Å². The Morgan fingerprint density at radius 1 is 1.24 bits per heavy atom. The number of nitrogens with zero attached hydrogens (tertiary/aromatic N) is 3. The fourth-order valence-electron chi connectivity index (χ4n) is 2.59. The van der Waals surface area contributed by atoms with Gasteiger partial charge >= 0.3 is 5.97 Å². The Morgan fingerprint density at radius 3 is 2.60 bits per heavy atom. The Kier molecular flexibility index (Phi) is 4.81. The number of fused-ring (bicyclic) bond motifs is 1. The van der Waals surface area contributed by atoms with E-state index in [9.17, 15) is 9.59 Å². The molecule has 0 N–H and O–H groups in total. The Labute approximate surface area is 149 Å². The zero-order valence-corrected chi connectivity index (χ0v) is 14.6. The van der Waals surface area contributed by atoms with Gasteiger partial charge in [0, 0.05) is 18.3 Å². The molecule has 0 bridgehead atoms. The number of ether oxygens (including phenoxy) is 1. The van der Waals surface area contributed by atoms with Crippen LogP contribution in [0.5, 0.6) is 0 Å². The molecule has 0 spiro atoms. The highest BCUT2D eigenvalue weighted by atomic mass is 35.5. The molecule has 3 rings (SSSR count). The fraction of sp³-hybridized carbons (Fsp3) is 0.222. The number of benzene rings is 1. The van der Waals surface area contributed by atoms with Gasteiger partial charge in [-0.3, -0.25) is 9.36 Å². The molecule has 0 aliphatic heterocycles. The van der Waals surface area contributed by atoms with E-state index in [1.54, 1.807) is 13.8 Å². The SMILES string of the molecule is CCOC(=O)c1c(Cl)c2cnc(-c3ccccc3)nc2n(CC)c1=O. The predicted molar refractivity (Wildman–Crippen MR) is 95.9 cm³/mol. The first-order chi connectivity index (χ1) is 12.1. The van der Waals surface area contributed by atoms with E-state index in [4.69, 9.17) is 16.3 Å². The molecule has 0 aliphatic rings. The van der Waals surface area contributed by atoms with Gasteiger partial charge in [0.2, 0.25) is 0 Å². The summed E-state index contributed by atoms with van der Waals surface area (Å²) >= 11 is 6.31. The summed E-state index contributed by atoms with van der Waals surface area (Å²) in [5.41, 5.74) is 0.509. The zero-order valence-electron chi connectivity index (χ0n) is 13.8. The standard InChI is InChI=1S/C18H16ClN3O3/c1-3-22-16-12(14(19)13(17(22)23)18(24)25-4-2)10-20-15(21-16)11-8-6-5-7-9-11/h5-10H,3-4H2,1-2H3. The van der Waals surface area contributed by atoms with Crippen LogP contribution in [-0.4, -0.2) is 27.1 Å². The molecule has 25 heavy (non-hydrogen) atoms. The van der Waals surface area contributed by atoms with E-state index in [-0.39, 0.29) is 17.2 Å². The maximum absolute atomic E-state index is 12.7. The van der Waals surface area contributed by atoms with Crippen molar-refractivity contribution in [3.05, 3.63) is 57.5 Å². The number of esters is 1. The smallest absolute Gasteiger partial charge is 0.345 e. The number of halogens is 1. The van der Waals surface area contributed by atoms with E-state index in [2.05, 4.69) is 9.97 Å². The average Bonchev–Trinajstić information content (AvgIpc) is 2.63. The van der Waals surface area contributed by atoms with E-state index in [0.29, 0.717) is 23.4 Å². The normalized spacial score (nSPS) is 10.8. The number of rotatable bonds is 4. The minimum atomic E-state index is -0.742. The van der Waals surface area contributed by atoms with E-state index < -0.39 is 11.5 Å². The largest absolute Gasteiger partial charge is 0.462 e. The highest BCUT2D eigenvalue weighted by Gasteiger charge is 2.23. The molecule has 0 saturated carbocycles. The summed E-state index contributed by atoms with van der Waals surface area (Å²) in [6.07, 6.45) is 1.53. The van der Waals surface area contributed by atoms with Crippen molar-refractivity contribution in [1.29, 1.82) is 0 Å². The molecule has 0 fully saturated rings. The van der Waals surface area contributed by atoms with Crippen LogP contribution in [0.15, 0.2) is 41.3 Å². The van der Waals surface area contributed by atoms with E-state index in [1.807, 2.05) is 30.3 Å². The summed E-state index contributed by atoms with van der Waals surface area (Å²) in [4.78, 5) is 33.7. The lowest BCUT2D eigenvalue weighted by Gasteiger charge is -2.13. The van der Waals surface area contributed by atoms with Crippen LogP contribution in [0.3, 0.4) is 0 Å². The van der Waals surface area contributed by atoms with Gasteiger partial charge in [0.1, 0.15) is 11.2 Å². The molecular weight excluding hydrogens is 342 g/mol. The van der Waals surface area contributed by atoms with Gasteiger partial charge in [-0.1, -0.05) is 41.9 Å². The van der Waals surface area contributed by atoms with Gasteiger partial charge in [-0.05, 0) is 13.8 Å². The summed E-state index contributed by atoms with van der Waals surface area (Å²) in [7, 11) is 0. The van der Waals surface area contributed by atoms with Crippen molar-refractivity contribution in [2.45, 2.75) is 20.4 Å². The maximum Gasteiger partial charge on any atom is 0.345 e. The fourth-order valence-corrected chi connectivity index (χ4v) is 2.88. The highest BCUT2D eigenvalue weighted by Crippen LogP contribution is 2.26. The van der Waals surface area contributed by atoms with Crippen molar-refractivity contribution in [2.75, 3.05) is 6.61 Å². The Balaban J connectivity index is 2.30. The highest BCUT2D eigenvalue weighted by molar-refractivity contribution is 6.38. The van der Waals surface area contributed by atoms with Crippen molar-refractivity contribution in [1.82, 2.24) is 14.5 Å². The summed E-state index contributed by atoms with van der Waals surface area (Å²) in [5.74, 6) is -0.261. The second-order valence-electron chi connectivity index (χ2n) is 5.26. The molecule has 0 aliphatic carbocycles. The number of aryl methyl sites for hydroxylation is 1. The molecule has 2 heterocycles. The van der Waals surface area contributed by atoms with Gasteiger partial charge in [-0.25, -0.2) is 14.8 Å². The third-order valence-corrected chi connectivity index (χ3v) is 4.16. The number of hydrogen-bond acceptors (Lipinski definition) is 5. The van der Waals surface area contributed by atoms with E-state index in [0.717, 1.165) is 5.56 Å². The van der Waals surface area contributed by atoms with Gasteiger partial charge in [-0.15, -0.1) is 0 Å². The first-order valence-electron chi connectivity index (χ1n) is 7.90. The lowest BCUT2D eigenvalue weighted by atomic mass is 10.2. The molecule has 1 aromatic carbocycles. The number of aromatic nitrogens is 3. The third-order valence-electron chi connectivity index (χ3n) is 3.77. The average molecular weight is 358 g/mol. The van der Waals surface area contributed by atoms with Crippen LogP contribution in [0, 0.1) is 0 Å². The van der Waals surface area contributed by atoms with Crippen molar-refractivity contribution < 1.29 is 9.53 Å². The Morgan fingerprint density at radius 2 is 1.96 bits per heavy atom. The minimum absolute atomic E-state index is 0.0164. The van der Waals surface area contributed by atoms with Crippen LogP contribution in [0.1, 0.15) is 24.2 Å². The summed E-state index contributed by atoms with van der Waals surface area (Å²) in [6, 6.07) is 9.42. The molecule has 2 aromatic heterocycles. The van der Waals surface area contributed by atoms with Gasteiger partial charge < -0.3 is 4.74 Å². The lowest BCUT2D eigenvalue weighted by Crippen LogP contribution is -2.28. The van der Waals surface area contributed by atoms with Gasteiger partial charge in [0.15, 0.2) is 5.82 Å².